The second kappa shape index (κ2) is 3.36. The molecule has 70 valence electrons. The fraction of sp³-hybridized carbons (Fsp3) is 0.545. The number of fused-ring (bicyclic) bond motifs is 1. The normalized spacial score (nSPS) is 15.3. The van der Waals surface area contributed by atoms with Crippen molar-refractivity contribution in [2.75, 3.05) is 11.9 Å². The molecule has 0 bridgehead atoms. The van der Waals surface area contributed by atoms with Crippen LogP contribution in [0.1, 0.15) is 37.6 Å². The van der Waals surface area contributed by atoms with Crippen LogP contribution in [-0.2, 0) is 6.42 Å². The number of hydrogen-bond donors (Lipinski definition) is 1. The van der Waals surface area contributed by atoms with Crippen LogP contribution in [0.2, 0.25) is 0 Å². The van der Waals surface area contributed by atoms with Gasteiger partial charge in [-0.25, -0.2) is 0 Å². The van der Waals surface area contributed by atoms with Crippen molar-refractivity contribution in [3.63, 3.8) is 0 Å². The quantitative estimate of drug-likeness (QED) is 0.711. The highest BCUT2D eigenvalue weighted by atomic mass is 14.9. The molecular weight excluding hydrogens is 160 g/mol. The van der Waals surface area contributed by atoms with E-state index in [1.165, 1.54) is 23.5 Å². The van der Waals surface area contributed by atoms with Crippen molar-refractivity contribution >= 4 is 5.69 Å². The van der Waals surface area contributed by atoms with Crippen LogP contribution in [0, 0.1) is 0 Å². The van der Waals surface area contributed by atoms with E-state index in [0.29, 0.717) is 5.92 Å². The van der Waals surface area contributed by atoms with Crippen LogP contribution in [0.5, 0.6) is 0 Å². The molecule has 1 aromatic rings. The first-order valence-corrected chi connectivity index (χ1v) is 5.01. The molecule has 2 heteroatoms. The van der Waals surface area contributed by atoms with E-state index in [-0.39, 0.29) is 0 Å². The number of aromatic nitrogens is 1. The van der Waals surface area contributed by atoms with E-state index in [4.69, 9.17) is 0 Å². The Labute approximate surface area is 79.4 Å². The Hall–Kier alpha value is -1.05. The Balaban J connectivity index is 2.35. The molecule has 0 fully saturated rings. The zero-order chi connectivity index (χ0) is 9.26. The molecule has 0 spiro atoms. The number of hydrogen-bond acceptors (Lipinski definition) is 2. The summed E-state index contributed by atoms with van der Waals surface area (Å²) in [5.41, 5.74) is 3.69. The van der Waals surface area contributed by atoms with E-state index in [1.807, 2.05) is 0 Å². The molecule has 0 radical (unpaired) electrons. The molecule has 13 heavy (non-hydrogen) atoms. The number of pyridine rings is 1. The summed E-state index contributed by atoms with van der Waals surface area (Å²) in [5, 5.41) is 3.37. The lowest BCUT2D eigenvalue weighted by atomic mass is 10.1. The maximum Gasteiger partial charge on any atom is 0.0638 e. The molecule has 1 aromatic heterocycles. The molecule has 2 rings (SSSR count). The van der Waals surface area contributed by atoms with E-state index in [0.717, 1.165) is 13.0 Å². The Morgan fingerprint density at radius 3 is 3.00 bits per heavy atom. The minimum Gasteiger partial charge on any atom is -0.384 e. The fourth-order valence-electron chi connectivity index (χ4n) is 1.67. The predicted octanol–water partition coefficient (Wildman–Crippen LogP) is 2.56. The zero-order valence-corrected chi connectivity index (χ0v) is 8.30. The number of rotatable bonds is 1. The monoisotopic (exact) mass is 176 g/mol. The van der Waals surface area contributed by atoms with Gasteiger partial charge in [0, 0.05) is 12.2 Å². The largest absolute Gasteiger partial charge is 0.384 e. The van der Waals surface area contributed by atoms with E-state index in [2.05, 4.69) is 36.3 Å². The first-order chi connectivity index (χ1) is 6.27. The highest BCUT2D eigenvalue weighted by molar-refractivity contribution is 5.50. The second-order valence-electron chi connectivity index (χ2n) is 3.92. The molecule has 2 heterocycles. The summed E-state index contributed by atoms with van der Waals surface area (Å²) in [5.74, 6) is 0.534. The van der Waals surface area contributed by atoms with Gasteiger partial charge in [-0.05, 0) is 30.9 Å². The molecule has 1 N–H and O–H groups in total. The summed E-state index contributed by atoms with van der Waals surface area (Å²) >= 11 is 0. The lowest BCUT2D eigenvalue weighted by molar-refractivity contribution is 0.761. The van der Waals surface area contributed by atoms with E-state index in [1.54, 1.807) is 0 Å². The van der Waals surface area contributed by atoms with Crippen LogP contribution < -0.4 is 5.32 Å². The van der Waals surface area contributed by atoms with Gasteiger partial charge in [0.2, 0.25) is 0 Å². The maximum atomic E-state index is 4.65. The molecule has 0 amide bonds. The van der Waals surface area contributed by atoms with Gasteiger partial charge < -0.3 is 5.32 Å². The lowest BCUT2D eigenvalue weighted by Gasteiger charge is -2.18. The van der Waals surface area contributed by atoms with Crippen LogP contribution >= 0.6 is 0 Å². The van der Waals surface area contributed by atoms with Gasteiger partial charge in [-0.2, -0.15) is 0 Å². The summed E-state index contributed by atoms with van der Waals surface area (Å²) in [6.07, 6.45) is 2.34. The topological polar surface area (TPSA) is 24.9 Å². The molecule has 0 aliphatic carbocycles. The summed E-state index contributed by atoms with van der Waals surface area (Å²) in [6, 6.07) is 4.29. The van der Waals surface area contributed by atoms with Gasteiger partial charge in [-0.15, -0.1) is 0 Å². The van der Waals surface area contributed by atoms with Crippen molar-refractivity contribution in [3.8, 4) is 0 Å². The summed E-state index contributed by atoms with van der Waals surface area (Å²) < 4.78 is 0. The summed E-state index contributed by atoms with van der Waals surface area (Å²) in [6.45, 7) is 5.46. The minimum atomic E-state index is 0.534. The number of anilines is 1. The van der Waals surface area contributed by atoms with Crippen molar-refractivity contribution in [1.82, 2.24) is 4.98 Å². The first kappa shape index (κ1) is 8.54. The fourth-order valence-corrected chi connectivity index (χ4v) is 1.67. The number of nitrogens with zero attached hydrogens (tertiary/aromatic N) is 1. The van der Waals surface area contributed by atoms with Crippen molar-refractivity contribution in [3.05, 3.63) is 23.5 Å². The van der Waals surface area contributed by atoms with Gasteiger partial charge in [-0.3, -0.25) is 4.98 Å². The van der Waals surface area contributed by atoms with E-state index in [9.17, 15) is 0 Å². The van der Waals surface area contributed by atoms with Gasteiger partial charge in [-0.1, -0.05) is 13.8 Å². The van der Waals surface area contributed by atoms with Crippen LogP contribution in [-0.4, -0.2) is 11.5 Å². The van der Waals surface area contributed by atoms with Gasteiger partial charge in [0.25, 0.3) is 0 Å². The third-order valence-corrected chi connectivity index (χ3v) is 2.49. The third kappa shape index (κ3) is 1.67. The predicted molar refractivity (Wildman–Crippen MR) is 55.1 cm³/mol. The Kier molecular flexibility index (Phi) is 2.21. The second-order valence-corrected chi connectivity index (χ2v) is 3.92. The SMILES string of the molecule is CC(C)c1ccc2c(n1)CCCN2. The Morgan fingerprint density at radius 2 is 2.23 bits per heavy atom. The zero-order valence-electron chi connectivity index (χ0n) is 8.30. The van der Waals surface area contributed by atoms with Crippen molar-refractivity contribution < 1.29 is 0 Å². The van der Waals surface area contributed by atoms with Gasteiger partial charge in [0.15, 0.2) is 0 Å². The highest BCUT2D eigenvalue weighted by Gasteiger charge is 2.11. The number of nitrogens with one attached hydrogen (secondary N) is 1. The molecule has 1 aliphatic rings. The van der Waals surface area contributed by atoms with Crippen molar-refractivity contribution in [2.45, 2.75) is 32.6 Å². The Morgan fingerprint density at radius 1 is 1.38 bits per heavy atom. The Bertz CT molecular complexity index is 305. The van der Waals surface area contributed by atoms with Crippen molar-refractivity contribution in [2.24, 2.45) is 0 Å². The molecule has 0 aromatic carbocycles. The van der Waals surface area contributed by atoms with Gasteiger partial charge in [0.05, 0.1) is 11.4 Å². The van der Waals surface area contributed by atoms with E-state index < -0.39 is 0 Å². The lowest BCUT2D eigenvalue weighted by Crippen LogP contribution is -2.14. The van der Waals surface area contributed by atoms with Crippen molar-refractivity contribution in [1.29, 1.82) is 0 Å². The average molecular weight is 176 g/mol. The molecule has 0 saturated carbocycles. The molecule has 0 atom stereocenters. The van der Waals surface area contributed by atoms with Crippen LogP contribution in [0.4, 0.5) is 5.69 Å². The van der Waals surface area contributed by atoms with Crippen LogP contribution in [0.15, 0.2) is 12.1 Å². The molecule has 0 saturated heterocycles. The number of aryl methyl sites for hydroxylation is 1. The highest BCUT2D eigenvalue weighted by Crippen LogP contribution is 2.22. The molecule has 2 nitrogen and oxygen atoms in total. The van der Waals surface area contributed by atoms with Gasteiger partial charge >= 0.3 is 0 Å². The summed E-state index contributed by atoms with van der Waals surface area (Å²) in [7, 11) is 0. The molecular formula is C11H16N2. The third-order valence-electron chi connectivity index (χ3n) is 2.49. The van der Waals surface area contributed by atoms with Gasteiger partial charge in [0.1, 0.15) is 0 Å². The van der Waals surface area contributed by atoms with Crippen LogP contribution in [0.25, 0.3) is 0 Å². The van der Waals surface area contributed by atoms with E-state index >= 15 is 0 Å². The van der Waals surface area contributed by atoms with Crippen LogP contribution in [0.3, 0.4) is 0 Å². The summed E-state index contributed by atoms with van der Waals surface area (Å²) in [4.78, 5) is 4.65. The molecule has 1 aliphatic heterocycles. The minimum absolute atomic E-state index is 0.534. The maximum absolute atomic E-state index is 4.65. The average Bonchev–Trinajstić information content (AvgIpc) is 2.17. The first-order valence-electron chi connectivity index (χ1n) is 5.01. The smallest absolute Gasteiger partial charge is 0.0638 e. The molecule has 0 unspecified atom stereocenters. The standard InChI is InChI=1S/C11H16N2/c1-8(2)9-5-6-10-11(13-9)4-3-7-12-10/h5-6,8,12H,3-4,7H2,1-2H3.